The number of carbonyl (C=O) groups excluding carboxylic acids is 1. The number of nitrogens with one attached hydrogen (secondary N) is 1. The van der Waals surface area contributed by atoms with Crippen LogP contribution in [0.4, 0.5) is 5.82 Å². The van der Waals surface area contributed by atoms with E-state index in [0.717, 1.165) is 24.9 Å². The van der Waals surface area contributed by atoms with Gasteiger partial charge in [0.25, 0.3) is 5.91 Å². The SMILES string of the molecule is C=C/C(NC(=O)c1cc(N(CCC)CC2CC2)ncn1)=C(C)\C=C\S(=O)(=O)N(C)CC(=O)O. The van der Waals surface area contributed by atoms with E-state index < -0.39 is 28.4 Å². The molecule has 0 aliphatic heterocycles. The Hall–Kier alpha value is -3.05. The van der Waals surface area contributed by atoms with Crippen LogP contribution in [-0.2, 0) is 14.8 Å². The van der Waals surface area contributed by atoms with E-state index in [9.17, 15) is 18.0 Å². The van der Waals surface area contributed by atoms with Gasteiger partial charge in [-0.15, -0.1) is 0 Å². The Morgan fingerprint density at radius 3 is 2.61 bits per heavy atom. The van der Waals surface area contributed by atoms with Crippen molar-refractivity contribution in [2.45, 2.75) is 33.1 Å². The predicted octanol–water partition coefficient (Wildman–Crippen LogP) is 2.15. The number of anilines is 1. The highest BCUT2D eigenvalue weighted by molar-refractivity contribution is 7.92. The zero-order valence-electron chi connectivity index (χ0n) is 19.2. The van der Waals surface area contributed by atoms with E-state index in [4.69, 9.17) is 5.11 Å². The molecule has 0 unspecified atom stereocenters. The van der Waals surface area contributed by atoms with Crippen molar-refractivity contribution < 1.29 is 23.1 Å². The normalized spacial score (nSPS) is 14.8. The lowest BCUT2D eigenvalue weighted by Gasteiger charge is -2.23. The minimum absolute atomic E-state index is 0.182. The van der Waals surface area contributed by atoms with Crippen molar-refractivity contribution in [1.82, 2.24) is 19.6 Å². The summed E-state index contributed by atoms with van der Waals surface area (Å²) in [5.41, 5.74) is 0.902. The Bertz CT molecular complexity index is 1050. The third-order valence-electron chi connectivity index (χ3n) is 5.04. The van der Waals surface area contributed by atoms with Crippen molar-refractivity contribution in [2.75, 3.05) is 31.6 Å². The lowest BCUT2D eigenvalue weighted by Crippen LogP contribution is -2.30. The molecule has 0 saturated heterocycles. The van der Waals surface area contributed by atoms with Gasteiger partial charge in [0.05, 0.1) is 0 Å². The number of allylic oxidation sites excluding steroid dienone is 3. The first kappa shape index (κ1) is 26.2. The number of carboxylic acids is 1. The van der Waals surface area contributed by atoms with Crippen LogP contribution in [0.3, 0.4) is 0 Å². The van der Waals surface area contributed by atoms with Crippen molar-refractivity contribution in [3.63, 3.8) is 0 Å². The highest BCUT2D eigenvalue weighted by atomic mass is 32.2. The first-order valence-corrected chi connectivity index (χ1v) is 12.2. The lowest BCUT2D eigenvalue weighted by atomic mass is 10.2. The number of aliphatic carboxylic acids is 1. The standard InChI is InChI=1S/C22H31N5O5S/c1-5-10-27(13-17-7-8-17)20-12-19(23-15-24-20)22(30)25-18(6-2)16(3)9-11-33(31,32)26(4)14-21(28)29/h6,9,11-12,15,17H,2,5,7-8,10,13-14H2,1,3-4H3,(H,25,30)(H,28,29)/b11-9+,18-16+. The molecule has 0 aromatic carbocycles. The molecule has 2 N–H and O–H groups in total. The van der Waals surface area contributed by atoms with Crippen molar-refractivity contribution in [2.24, 2.45) is 5.92 Å². The summed E-state index contributed by atoms with van der Waals surface area (Å²) in [5, 5.41) is 12.3. The Labute approximate surface area is 194 Å². The maximum absolute atomic E-state index is 12.8. The van der Waals surface area contributed by atoms with Gasteiger partial charge in [-0.2, -0.15) is 4.31 Å². The number of carbonyl (C=O) groups is 2. The second-order valence-electron chi connectivity index (χ2n) is 7.90. The van der Waals surface area contributed by atoms with Crippen LogP contribution < -0.4 is 10.2 Å². The fourth-order valence-electron chi connectivity index (χ4n) is 2.98. The van der Waals surface area contributed by atoms with Crippen LogP contribution in [-0.4, -0.2) is 66.4 Å². The number of likely N-dealkylation sites (N-methyl/N-ethyl adjacent to an activating group) is 1. The molecule has 1 aliphatic rings. The molecule has 1 amide bonds. The largest absolute Gasteiger partial charge is 0.480 e. The zero-order valence-corrected chi connectivity index (χ0v) is 20.0. The highest BCUT2D eigenvalue weighted by Gasteiger charge is 2.25. The molecule has 1 saturated carbocycles. The summed E-state index contributed by atoms with van der Waals surface area (Å²) < 4.78 is 25.1. The van der Waals surface area contributed by atoms with E-state index in [2.05, 4.69) is 33.7 Å². The van der Waals surface area contributed by atoms with Crippen LogP contribution in [0.5, 0.6) is 0 Å². The molecule has 180 valence electrons. The van der Waals surface area contributed by atoms with Gasteiger partial charge in [-0.1, -0.05) is 13.5 Å². The number of sulfonamides is 1. The van der Waals surface area contributed by atoms with E-state index in [0.29, 0.717) is 27.3 Å². The Balaban J connectivity index is 2.17. The number of aromatic nitrogens is 2. The summed E-state index contributed by atoms with van der Waals surface area (Å²) in [6.45, 7) is 8.44. The predicted molar refractivity (Wildman–Crippen MR) is 126 cm³/mol. The number of amides is 1. The molecule has 0 radical (unpaired) electrons. The number of hydrogen-bond acceptors (Lipinski definition) is 7. The van der Waals surface area contributed by atoms with Gasteiger partial charge in [-0.3, -0.25) is 9.59 Å². The van der Waals surface area contributed by atoms with Crippen molar-refractivity contribution >= 4 is 27.7 Å². The van der Waals surface area contributed by atoms with Crippen LogP contribution in [0.2, 0.25) is 0 Å². The van der Waals surface area contributed by atoms with Gasteiger partial charge < -0.3 is 15.3 Å². The van der Waals surface area contributed by atoms with Gasteiger partial charge in [0.15, 0.2) is 0 Å². The molecule has 2 rings (SSSR count). The molecule has 1 aromatic heterocycles. The first-order chi connectivity index (χ1) is 15.6. The monoisotopic (exact) mass is 477 g/mol. The van der Waals surface area contributed by atoms with Gasteiger partial charge in [-0.25, -0.2) is 18.4 Å². The third kappa shape index (κ3) is 8.10. The van der Waals surface area contributed by atoms with Crippen LogP contribution in [0, 0.1) is 5.92 Å². The van der Waals surface area contributed by atoms with E-state index in [1.54, 1.807) is 13.0 Å². The zero-order chi connectivity index (χ0) is 24.6. The smallest absolute Gasteiger partial charge is 0.318 e. The quantitative estimate of drug-likeness (QED) is 0.413. The number of carboxylic acid groups (broad SMARTS) is 1. The maximum atomic E-state index is 12.8. The molecule has 1 aromatic rings. The van der Waals surface area contributed by atoms with Crippen molar-refractivity contribution in [3.05, 3.63) is 53.5 Å². The maximum Gasteiger partial charge on any atom is 0.318 e. The van der Waals surface area contributed by atoms with E-state index in [-0.39, 0.29) is 5.69 Å². The van der Waals surface area contributed by atoms with E-state index in [1.807, 2.05) is 0 Å². The molecular formula is C22H31N5O5S. The van der Waals surface area contributed by atoms with Gasteiger partial charge in [0.2, 0.25) is 10.0 Å². The summed E-state index contributed by atoms with van der Waals surface area (Å²) in [7, 11) is -2.77. The molecule has 0 bridgehead atoms. The fourth-order valence-corrected chi connectivity index (χ4v) is 3.86. The molecular weight excluding hydrogens is 446 g/mol. The van der Waals surface area contributed by atoms with Gasteiger partial charge in [0, 0.05) is 37.3 Å². The van der Waals surface area contributed by atoms with Gasteiger partial charge >= 0.3 is 5.97 Å². The molecule has 1 heterocycles. The average Bonchev–Trinajstić information content (AvgIpc) is 3.59. The summed E-state index contributed by atoms with van der Waals surface area (Å²) in [4.78, 5) is 34.1. The molecule has 0 atom stereocenters. The number of rotatable bonds is 13. The molecule has 1 aliphatic carbocycles. The fraction of sp³-hybridized carbons (Fsp3) is 0.455. The van der Waals surface area contributed by atoms with Crippen molar-refractivity contribution in [3.8, 4) is 0 Å². The number of hydrogen-bond donors (Lipinski definition) is 2. The molecule has 0 spiro atoms. The second-order valence-corrected chi connectivity index (χ2v) is 9.83. The second kappa shape index (κ2) is 11.7. The lowest BCUT2D eigenvalue weighted by molar-refractivity contribution is -0.137. The Morgan fingerprint density at radius 2 is 2.03 bits per heavy atom. The van der Waals surface area contributed by atoms with E-state index >= 15 is 0 Å². The third-order valence-corrected chi connectivity index (χ3v) is 6.52. The molecule has 1 fully saturated rings. The summed E-state index contributed by atoms with van der Waals surface area (Å²) in [6, 6.07) is 1.64. The van der Waals surface area contributed by atoms with Crippen molar-refractivity contribution in [1.29, 1.82) is 0 Å². The molecule has 10 nitrogen and oxygen atoms in total. The minimum Gasteiger partial charge on any atom is -0.480 e. The van der Waals surface area contributed by atoms with Gasteiger partial charge in [-0.05, 0) is 49.8 Å². The minimum atomic E-state index is -3.93. The molecule has 11 heteroatoms. The topological polar surface area (TPSA) is 133 Å². The highest BCUT2D eigenvalue weighted by Crippen LogP contribution is 2.31. The van der Waals surface area contributed by atoms with Crippen LogP contribution >= 0.6 is 0 Å². The van der Waals surface area contributed by atoms with Crippen LogP contribution in [0.1, 0.15) is 43.6 Å². The van der Waals surface area contributed by atoms with Crippen LogP contribution in [0.15, 0.2) is 47.8 Å². The summed E-state index contributed by atoms with van der Waals surface area (Å²) >= 11 is 0. The average molecular weight is 478 g/mol. The Morgan fingerprint density at radius 1 is 1.33 bits per heavy atom. The molecule has 33 heavy (non-hydrogen) atoms. The van der Waals surface area contributed by atoms with E-state index in [1.165, 1.54) is 38.4 Å². The summed E-state index contributed by atoms with van der Waals surface area (Å²) in [5.74, 6) is -0.383. The summed E-state index contributed by atoms with van der Waals surface area (Å²) in [6.07, 6.45) is 7.40. The Kier molecular flexibility index (Phi) is 9.30. The first-order valence-electron chi connectivity index (χ1n) is 10.6. The van der Waals surface area contributed by atoms with Crippen LogP contribution in [0.25, 0.3) is 0 Å². The van der Waals surface area contributed by atoms with Gasteiger partial charge in [0.1, 0.15) is 24.4 Å². The number of nitrogens with zero attached hydrogens (tertiary/aromatic N) is 4.